The average Bonchev–Trinajstić information content (AvgIpc) is 2.80. The predicted molar refractivity (Wildman–Crippen MR) is 118 cm³/mol. The highest BCUT2D eigenvalue weighted by atomic mass is 16.2. The minimum Gasteiger partial charge on any atom is -0.342 e. The van der Waals surface area contributed by atoms with Crippen LogP contribution in [0, 0.1) is 5.92 Å². The fourth-order valence-electron chi connectivity index (χ4n) is 4.73. The molecular formula is C25H31N3O2. The molecule has 0 bridgehead atoms. The number of carbonyl (C=O) groups is 2. The Morgan fingerprint density at radius 1 is 0.833 bits per heavy atom. The summed E-state index contributed by atoms with van der Waals surface area (Å²) in [5.74, 6) is 0.369. The summed E-state index contributed by atoms with van der Waals surface area (Å²) in [6, 6.07) is 20.8. The molecule has 2 aromatic rings. The van der Waals surface area contributed by atoms with Gasteiger partial charge in [0.1, 0.15) is 0 Å². The second-order valence-electron chi connectivity index (χ2n) is 8.55. The van der Waals surface area contributed by atoms with Crippen molar-refractivity contribution in [3.05, 3.63) is 71.8 Å². The van der Waals surface area contributed by atoms with Crippen LogP contribution in [-0.2, 0) is 16.1 Å². The number of amides is 2. The number of likely N-dealkylation sites (tertiary alicyclic amines) is 1. The van der Waals surface area contributed by atoms with Crippen LogP contribution >= 0.6 is 0 Å². The second kappa shape index (κ2) is 9.43. The molecule has 2 saturated heterocycles. The monoisotopic (exact) mass is 405 g/mol. The average molecular weight is 406 g/mol. The lowest BCUT2D eigenvalue weighted by atomic mass is 9.83. The van der Waals surface area contributed by atoms with Gasteiger partial charge in [0.05, 0.1) is 5.92 Å². The number of hydrogen-bond donors (Lipinski definition) is 0. The molecule has 0 aromatic heterocycles. The van der Waals surface area contributed by atoms with Gasteiger partial charge in [-0.1, -0.05) is 60.7 Å². The van der Waals surface area contributed by atoms with Crippen molar-refractivity contribution >= 4 is 11.8 Å². The van der Waals surface area contributed by atoms with Crippen molar-refractivity contribution in [1.29, 1.82) is 0 Å². The zero-order valence-corrected chi connectivity index (χ0v) is 17.7. The molecule has 30 heavy (non-hydrogen) atoms. The van der Waals surface area contributed by atoms with Crippen LogP contribution in [0.4, 0.5) is 0 Å². The summed E-state index contributed by atoms with van der Waals surface area (Å²) < 4.78 is 0. The van der Waals surface area contributed by atoms with Gasteiger partial charge < -0.3 is 9.80 Å². The lowest BCUT2D eigenvalue weighted by molar-refractivity contribution is -0.142. The topological polar surface area (TPSA) is 43.9 Å². The van der Waals surface area contributed by atoms with Crippen molar-refractivity contribution in [3.63, 3.8) is 0 Å². The third-order valence-corrected chi connectivity index (χ3v) is 6.45. The number of nitrogens with zero attached hydrogens (tertiary/aromatic N) is 3. The van der Waals surface area contributed by atoms with Crippen LogP contribution in [-0.4, -0.2) is 65.8 Å². The van der Waals surface area contributed by atoms with Crippen LogP contribution in [0.2, 0.25) is 0 Å². The highest BCUT2D eigenvalue weighted by Gasteiger charge is 2.36. The quantitative estimate of drug-likeness (QED) is 0.786. The van der Waals surface area contributed by atoms with Crippen LogP contribution < -0.4 is 0 Å². The van der Waals surface area contributed by atoms with Crippen LogP contribution in [0.25, 0.3) is 0 Å². The first-order valence-corrected chi connectivity index (χ1v) is 11.0. The molecule has 5 nitrogen and oxygen atoms in total. The van der Waals surface area contributed by atoms with Crippen molar-refractivity contribution < 1.29 is 9.59 Å². The van der Waals surface area contributed by atoms with Gasteiger partial charge in [0.2, 0.25) is 11.8 Å². The Kier molecular flexibility index (Phi) is 6.48. The van der Waals surface area contributed by atoms with Crippen LogP contribution in [0.3, 0.4) is 0 Å². The lowest BCUT2D eigenvalue weighted by Gasteiger charge is -2.41. The molecule has 0 spiro atoms. The van der Waals surface area contributed by atoms with E-state index in [1.807, 2.05) is 34.1 Å². The van der Waals surface area contributed by atoms with E-state index >= 15 is 0 Å². The maximum Gasteiger partial charge on any atom is 0.227 e. The Balaban J connectivity index is 1.37. The highest BCUT2D eigenvalue weighted by molar-refractivity contribution is 5.81. The minimum absolute atomic E-state index is 0.0566. The first-order chi connectivity index (χ1) is 14.6. The van der Waals surface area contributed by atoms with E-state index in [1.165, 1.54) is 11.1 Å². The molecule has 2 unspecified atom stereocenters. The van der Waals surface area contributed by atoms with E-state index in [-0.39, 0.29) is 23.7 Å². The van der Waals surface area contributed by atoms with Crippen LogP contribution in [0.15, 0.2) is 60.7 Å². The Hall–Kier alpha value is -2.66. The molecule has 2 amide bonds. The first kappa shape index (κ1) is 20.6. The maximum absolute atomic E-state index is 13.3. The van der Waals surface area contributed by atoms with Gasteiger partial charge in [-0.3, -0.25) is 14.5 Å². The molecule has 5 heteroatoms. The van der Waals surface area contributed by atoms with Crippen molar-refractivity contribution in [2.75, 3.05) is 39.3 Å². The standard InChI is InChI=1S/C25H31N3O2/c1-20(29)28-18-23(22-10-6-3-7-11-22)16-24(19-28)25(30)27-14-12-26(13-15-27)17-21-8-4-2-5-9-21/h2-11,23-24H,12-19H2,1H3. The number of rotatable bonds is 4. The van der Waals surface area contributed by atoms with Gasteiger partial charge in [-0.25, -0.2) is 0 Å². The fraction of sp³-hybridized carbons (Fsp3) is 0.440. The van der Waals surface area contributed by atoms with Crippen LogP contribution in [0.5, 0.6) is 0 Å². The molecule has 2 aliphatic heterocycles. The Morgan fingerprint density at radius 2 is 1.47 bits per heavy atom. The smallest absolute Gasteiger partial charge is 0.227 e. The van der Waals surface area contributed by atoms with Gasteiger partial charge in [-0.05, 0) is 17.5 Å². The number of piperidine rings is 1. The van der Waals surface area contributed by atoms with Gasteiger partial charge >= 0.3 is 0 Å². The number of carbonyl (C=O) groups excluding carboxylic acids is 2. The predicted octanol–water partition coefficient (Wildman–Crippen LogP) is 2.98. The number of hydrogen-bond acceptors (Lipinski definition) is 3. The molecule has 2 aliphatic rings. The summed E-state index contributed by atoms with van der Waals surface area (Å²) in [6.45, 7) is 7.10. The van der Waals surface area contributed by atoms with Gasteiger partial charge in [0.25, 0.3) is 0 Å². The summed E-state index contributed by atoms with van der Waals surface area (Å²) in [6.07, 6.45) is 0.816. The van der Waals surface area contributed by atoms with Gasteiger partial charge in [0, 0.05) is 58.7 Å². The summed E-state index contributed by atoms with van der Waals surface area (Å²) in [5.41, 5.74) is 2.53. The normalized spacial score (nSPS) is 22.7. The third kappa shape index (κ3) is 4.90. The molecule has 0 saturated carbocycles. The van der Waals surface area contributed by atoms with E-state index in [1.54, 1.807) is 6.92 Å². The molecule has 2 heterocycles. The summed E-state index contributed by atoms with van der Waals surface area (Å²) in [7, 11) is 0. The number of piperazine rings is 1. The van der Waals surface area contributed by atoms with Gasteiger partial charge in [-0.15, -0.1) is 0 Å². The summed E-state index contributed by atoms with van der Waals surface area (Å²) in [5, 5.41) is 0. The molecule has 4 rings (SSSR count). The molecule has 0 aliphatic carbocycles. The zero-order chi connectivity index (χ0) is 20.9. The molecule has 2 atom stereocenters. The van der Waals surface area contributed by atoms with Crippen molar-refractivity contribution in [3.8, 4) is 0 Å². The Labute approximate surface area is 179 Å². The van der Waals surface area contributed by atoms with E-state index in [2.05, 4.69) is 41.3 Å². The van der Waals surface area contributed by atoms with E-state index < -0.39 is 0 Å². The maximum atomic E-state index is 13.3. The SMILES string of the molecule is CC(=O)N1CC(C(=O)N2CCN(Cc3ccccc3)CC2)CC(c2ccccc2)C1. The largest absolute Gasteiger partial charge is 0.342 e. The van der Waals surface area contributed by atoms with Crippen LogP contribution in [0.1, 0.15) is 30.4 Å². The molecular weight excluding hydrogens is 374 g/mol. The van der Waals surface area contributed by atoms with Crippen molar-refractivity contribution in [2.45, 2.75) is 25.8 Å². The highest BCUT2D eigenvalue weighted by Crippen LogP contribution is 2.31. The van der Waals surface area contributed by atoms with E-state index in [0.29, 0.717) is 13.1 Å². The third-order valence-electron chi connectivity index (χ3n) is 6.45. The summed E-state index contributed by atoms with van der Waals surface area (Å²) >= 11 is 0. The van der Waals surface area contributed by atoms with E-state index in [0.717, 1.165) is 39.1 Å². The molecule has 158 valence electrons. The second-order valence-corrected chi connectivity index (χ2v) is 8.55. The van der Waals surface area contributed by atoms with Gasteiger partial charge in [0.15, 0.2) is 0 Å². The van der Waals surface area contributed by atoms with Crippen molar-refractivity contribution in [2.24, 2.45) is 5.92 Å². The Morgan fingerprint density at radius 3 is 2.10 bits per heavy atom. The molecule has 2 aromatic carbocycles. The fourth-order valence-corrected chi connectivity index (χ4v) is 4.73. The first-order valence-electron chi connectivity index (χ1n) is 11.0. The van der Waals surface area contributed by atoms with Crippen molar-refractivity contribution in [1.82, 2.24) is 14.7 Å². The zero-order valence-electron chi connectivity index (χ0n) is 17.7. The van der Waals surface area contributed by atoms with E-state index in [4.69, 9.17) is 0 Å². The molecule has 0 radical (unpaired) electrons. The molecule has 2 fully saturated rings. The Bertz CT molecular complexity index is 847. The lowest BCUT2D eigenvalue weighted by Crippen LogP contribution is -2.53. The molecule has 0 N–H and O–H groups in total. The summed E-state index contributed by atoms with van der Waals surface area (Å²) in [4.78, 5) is 31.7. The van der Waals surface area contributed by atoms with Gasteiger partial charge in [-0.2, -0.15) is 0 Å². The number of benzene rings is 2. The minimum atomic E-state index is -0.117. The van der Waals surface area contributed by atoms with E-state index in [9.17, 15) is 9.59 Å².